The van der Waals surface area contributed by atoms with Crippen molar-refractivity contribution in [2.75, 3.05) is 0 Å². The van der Waals surface area contributed by atoms with Crippen molar-refractivity contribution in [2.45, 2.75) is 106 Å². The summed E-state index contributed by atoms with van der Waals surface area (Å²) in [6.45, 7) is 19.9. The smallest absolute Gasteiger partial charge is 0.175 e. The third kappa shape index (κ3) is 4.41. The first-order valence-electron chi connectivity index (χ1n) is 15.3. The third-order valence-electron chi connectivity index (χ3n) is 10.3. The van der Waals surface area contributed by atoms with E-state index in [2.05, 4.69) is 19.9 Å². The SMILES string of the molecule is CCC(C)C(=O)c1c(O)c2c(c([C@H](C3=C(O)C(C)(C)C(=O)C(C)(C)C3=O)C(C)C)c1O)O[C@]1(C)C=C[C@@H](C(C)C)C[C@H]21. The van der Waals surface area contributed by atoms with Crippen molar-refractivity contribution in [3.8, 4) is 17.2 Å². The highest BCUT2D eigenvalue weighted by atomic mass is 16.5. The van der Waals surface area contributed by atoms with Crippen LogP contribution in [0.4, 0.5) is 0 Å². The summed E-state index contributed by atoms with van der Waals surface area (Å²) in [7, 11) is 0. The van der Waals surface area contributed by atoms with Gasteiger partial charge in [-0.05, 0) is 71.3 Å². The van der Waals surface area contributed by atoms with Crippen LogP contribution in [-0.2, 0) is 9.59 Å². The summed E-state index contributed by atoms with van der Waals surface area (Å²) in [6, 6.07) is 0. The highest BCUT2D eigenvalue weighted by Gasteiger charge is 2.57. The van der Waals surface area contributed by atoms with Gasteiger partial charge in [-0.25, -0.2) is 0 Å². The molecule has 7 heteroatoms. The van der Waals surface area contributed by atoms with Gasteiger partial charge in [0.25, 0.3) is 0 Å². The first-order chi connectivity index (χ1) is 19.2. The molecule has 230 valence electrons. The van der Waals surface area contributed by atoms with Gasteiger partial charge in [0.15, 0.2) is 17.3 Å². The third-order valence-corrected chi connectivity index (χ3v) is 10.3. The molecule has 0 amide bonds. The highest BCUT2D eigenvalue weighted by Crippen LogP contribution is 2.62. The lowest BCUT2D eigenvalue weighted by Crippen LogP contribution is -2.50. The number of rotatable bonds is 7. The number of Topliss-reactive ketones (excluding diaryl/α,β-unsaturated/α-hetero) is 3. The standard InChI is InChI=1S/C35H48O7/c1-12-18(6)26(36)25-27(37)22-20-15-19(16(2)3)13-14-35(20,11)42-29(22)23(28(25)38)21(17(4)5)24-30(39)33(7,8)32(41)34(9,10)31(24)40/h13-14,16-21,37-39H,12,15H2,1-11H3/t18?,19-,20-,21-,35-/m1/s1. The minimum atomic E-state index is -1.42. The Hall–Kier alpha value is -3.09. The minimum Gasteiger partial charge on any atom is -0.511 e. The summed E-state index contributed by atoms with van der Waals surface area (Å²) in [4.78, 5) is 41.2. The molecule has 42 heavy (non-hydrogen) atoms. The molecule has 1 heterocycles. The van der Waals surface area contributed by atoms with Gasteiger partial charge in [-0.3, -0.25) is 14.4 Å². The number of allylic oxidation sites excluding steroid dienone is 3. The number of carbonyl (C=O) groups is 3. The van der Waals surface area contributed by atoms with Gasteiger partial charge in [0, 0.05) is 34.5 Å². The molecule has 0 fully saturated rings. The zero-order chi connectivity index (χ0) is 31.9. The van der Waals surface area contributed by atoms with Crippen LogP contribution in [0.2, 0.25) is 0 Å². The number of aromatic hydroxyl groups is 2. The highest BCUT2D eigenvalue weighted by molar-refractivity contribution is 6.19. The summed E-state index contributed by atoms with van der Waals surface area (Å²) in [5.41, 5.74) is -3.11. The van der Waals surface area contributed by atoms with E-state index in [1.807, 2.05) is 33.8 Å². The molecule has 0 saturated carbocycles. The predicted octanol–water partition coefficient (Wildman–Crippen LogP) is 7.55. The monoisotopic (exact) mass is 580 g/mol. The number of aliphatic hydroxyl groups excluding tert-OH is 1. The van der Waals surface area contributed by atoms with Crippen LogP contribution >= 0.6 is 0 Å². The van der Waals surface area contributed by atoms with Gasteiger partial charge < -0.3 is 20.1 Å². The van der Waals surface area contributed by atoms with Gasteiger partial charge in [-0.2, -0.15) is 0 Å². The van der Waals surface area contributed by atoms with E-state index in [1.165, 1.54) is 0 Å². The average Bonchev–Trinajstić information content (AvgIpc) is 3.22. The molecule has 0 radical (unpaired) electrons. The van der Waals surface area contributed by atoms with Gasteiger partial charge in [-0.15, -0.1) is 0 Å². The lowest BCUT2D eigenvalue weighted by Gasteiger charge is -2.41. The van der Waals surface area contributed by atoms with Crippen molar-refractivity contribution in [3.63, 3.8) is 0 Å². The molecule has 1 unspecified atom stereocenters. The Morgan fingerprint density at radius 2 is 1.57 bits per heavy atom. The lowest BCUT2D eigenvalue weighted by molar-refractivity contribution is -0.144. The molecule has 0 saturated heterocycles. The van der Waals surface area contributed by atoms with E-state index in [0.29, 0.717) is 24.3 Å². The van der Waals surface area contributed by atoms with Crippen molar-refractivity contribution in [3.05, 3.63) is 40.2 Å². The quantitative estimate of drug-likeness (QED) is 0.173. The maximum Gasteiger partial charge on any atom is 0.175 e. The number of carbonyl (C=O) groups excluding carboxylic acids is 3. The molecule has 1 aromatic carbocycles. The Balaban J connectivity index is 2.13. The molecular formula is C35H48O7. The summed E-state index contributed by atoms with van der Waals surface area (Å²) >= 11 is 0. The molecular weight excluding hydrogens is 532 g/mol. The van der Waals surface area contributed by atoms with E-state index in [0.717, 1.165) is 0 Å². The van der Waals surface area contributed by atoms with Crippen molar-refractivity contribution in [2.24, 2.45) is 34.5 Å². The van der Waals surface area contributed by atoms with Gasteiger partial charge in [0.05, 0.1) is 10.8 Å². The maximum absolute atomic E-state index is 14.1. The second-order valence-electron chi connectivity index (χ2n) is 14.6. The first kappa shape index (κ1) is 31.8. The van der Waals surface area contributed by atoms with E-state index >= 15 is 0 Å². The Morgan fingerprint density at radius 1 is 0.976 bits per heavy atom. The number of aliphatic hydroxyl groups is 1. The molecule has 0 aromatic heterocycles. The Morgan fingerprint density at radius 3 is 2.10 bits per heavy atom. The molecule has 4 rings (SSSR count). The molecule has 2 aliphatic carbocycles. The van der Waals surface area contributed by atoms with E-state index in [-0.39, 0.29) is 51.7 Å². The number of ketones is 3. The zero-order valence-electron chi connectivity index (χ0n) is 27.0. The second kappa shape index (κ2) is 10.3. The molecule has 0 spiro atoms. The van der Waals surface area contributed by atoms with Crippen LogP contribution in [-0.4, -0.2) is 38.3 Å². The Kier molecular flexibility index (Phi) is 7.79. The van der Waals surface area contributed by atoms with Crippen molar-refractivity contribution < 1.29 is 34.4 Å². The van der Waals surface area contributed by atoms with Crippen LogP contribution < -0.4 is 4.74 Å². The second-order valence-corrected chi connectivity index (χ2v) is 14.6. The number of ether oxygens (including phenoxy) is 1. The fraction of sp³-hybridized carbons (Fsp3) is 0.629. The van der Waals surface area contributed by atoms with E-state index < -0.39 is 51.4 Å². The van der Waals surface area contributed by atoms with Crippen molar-refractivity contribution in [1.82, 2.24) is 0 Å². The number of benzene rings is 1. The molecule has 1 aliphatic heterocycles. The van der Waals surface area contributed by atoms with Gasteiger partial charge in [0.2, 0.25) is 0 Å². The maximum atomic E-state index is 14.1. The van der Waals surface area contributed by atoms with Crippen LogP contribution in [0.3, 0.4) is 0 Å². The fourth-order valence-electron chi connectivity index (χ4n) is 7.24. The van der Waals surface area contributed by atoms with Crippen LogP contribution in [0.15, 0.2) is 23.5 Å². The lowest BCUT2D eigenvalue weighted by atomic mass is 9.60. The average molecular weight is 581 g/mol. The van der Waals surface area contributed by atoms with E-state index in [9.17, 15) is 29.7 Å². The number of phenolic OH excluding ortho intramolecular Hbond substituents is 2. The minimum absolute atomic E-state index is 0.0314. The molecule has 1 aromatic rings. The molecule has 7 nitrogen and oxygen atoms in total. The van der Waals surface area contributed by atoms with Crippen molar-refractivity contribution in [1.29, 1.82) is 0 Å². The topological polar surface area (TPSA) is 121 Å². The number of hydrogen-bond acceptors (Lipinski definition) is 7. The normalized spacial score (nSPS) is 27.6. The summed E-state index contributed by atoms with van der Waals surface area (Å²) in [5, 5.41) is 35.4. The summed E-state index contributed by atoms with van der Waals surface area (Å²) in [6.07, 6.45) is 5.30. The van der Waals surface area contributed by atoms with E-state index in [4.69, 9.17) is 4.74 Å². The summed E-state index contributed by atoms with van der Waals surface area (Å²) < 4.78 is 6.66. The molecule has 5 atom stereocenters. The van der Waals surface area contributed by atoms with Crippen LogP contribution in [0.25, 0.3) is 0 Å². The molecule has 3 N–H and O–H groups in total. The van der Waals surface area contributed by atoms with Crippen LogP contribution in [0, 0.1) is 34.5 Å². The number of fused-ring (bicyclic) bond motifs is 3. The van der Waals surface area contributed by atoms with Crippen LogP contribution in [0.1, 0.15) is 122 Å². The van der Waals surface area contributed by atoms with E-state index in [1.54, 1.807) is 34.6 Å². The fourth-order valence-corrected chi connectivity index (χ4v) is 7.24. The predicted molar refractivity (Wildman–Crippen MR) is 162 cm³/mol. The summed E-state index contributed by atoms with van der Waals surface area (Å²) in [5.74, 6) is -3.67. The Bertz CT molecular complexity index is 1410. The molecule has 0 bridgehead atoms. The number of phenols is 2. The largest absolute Gasteiger partial charge is 0.511 e. The molecule has 3 aliphatic rings. The van der Waals surface area contributed by atoms with Gasteiger partial charge >= 0.3 is 0 Å². The first-order valence-corrected chi connectivity index (χ1v) is 15.3. The zero-order valence-corrected chi connectivity index (χ0v) is 27.0. The van der Waals surface area contributed by atoms with Gasteiger partial charge in [0.1, 0.15) is 34.2 Å². The van der Waals surface area contributed by atoms with Gasteiger partial charge in [-0.1, -0.05) is 47.6 Å². The van der Waals surface area contributed by atoms with Crippen LogP contribution in [0.5, 0.6) is 17.2 Å². The Labute approximate surface area is 250 Å². The van der Waals surface area contributed by atoms with Crippen molar-refractivity contribution >= 4 is 17.3 Å². The number of hydrogen-bond donors (Lipinski definition) is 3.